The number of methoxy groups -OCH3 is 1. The Labute approximate surface area is 140 Å². The Morgan fingerprint density at radius 2 is 2.17 bits per heavy atom. The second-order valence-electron chi connectivity index (χ2n) is 5.20. The number of carbonyl (C=O) groups excluding carboxylic acids is 1. The fourth-order valence-electron chi connectivity index (χ4n) is 2.21. The summed E-state index contributed by atoms with van der Waals surface area (Å²) >= 11 is 1.47. The minimum absolute atomic E-state index is 0.0643. The first-order valence-electron chi connectivity index (χ1n) is 7.58. The van der Waals surface area contributed by atoms with Crippen LogP contribution < -0.4 is 5.32 Å². The highest BCUT2D eigenvalue weighted by atomic mass is 32.1. The summed E-state index contributed by atoms with van der Waals surface area (Å²) in [6.07, 6.45) is 2.27. The average molecular weight is 328 g/mol. The van der Waals surface area contributed by atoms with Gasteiger partial charge in [0.05, 0.1) is 0 Å². The molecule has 0 aliphatic carbocycles. The first-order chi connectivity index (χ1) is 11.2. The Kier molecular flexibility index (Phi) is 6.79. The van der Waals surface area contributed by atoms with Crippen LogP contribution in [-0.4, -0.2) is 19.6 Å². The highest BCUT2D eigenvalue weighted by Crippen LogP contribution is 2.28. The number of amides is 1. The van der Waals surface area contributed by atoms with Gasteiger partial charge in [-0.3, -0.25) is 4.79 Å². The molecule has 120 valence electrons. The Bertz CT molecular complexity index is 688. The van der Waals surface area contributed by atoms with Crippen molar-refractivity contribution in [2.45, 2.75) is 25.8 Å². The lowest BCUT2D eigenvalue weighted by molar-refractivity contribution is -0.121. The second kappa shape index (κ2) is 9.09. The quantitative estimate of drug-likeness (QED) is 0.751. The van der Waals surface area contributed by atoms with E-state index in [1.807, 2.05) is 30.3 Å². The summed E-state index contributed by atoms with van der Waals surface area (Å²) in [4.78, 5) is 13.6. The minimum atomic E-state index is 0.0643. The lowest BCUT2D eigenvalue weighted by atomic mass is 10.1. The summed E-state index contributed by atoms with van der Waals surface area (Å²) in [7, 11) is 1.67. The maximum absolute atomic E-state index is 11.8. The van der Waals surface area contributed by atoms with Crippen molar-refractivity contribution in [2.24, 2.45) is 0 Å². The molecule has 0 unspecified atom stereocenters. The van der Waals surface area contributed by atoms with Crippen LogP contribution in [0.1, 0.15) is 29.7 Å². The van der Waals surface area contributed by atoms with Gasteiger partial charge in [0.1, 0.15) is 10.9 Å². The zero-order valence-electron chi connectivity index (χ0n) is 13.2. The smallest absolute Gasteiger partial charge is 0.220 e. The zero-order valence-corrected chi connectivity index (χ0v) is 14.0. The normalized spacial score (nSPS) is 10.3. The van der Waals surface area contributed by atoms with Crippen molar-refractivity contribution in [3.8, 4) is 16.5 Å². The molecular formula is C18H20N2O2S. The van der Waals surface area contributed by atoms with Crippen molar-refractivity contribution in [3.05, 3.63) is 46.8 Å². The maximum atomic E-state index is 11.8. The van der Waals surface area contributed by atoms with E-state index in [1.54, 1.807) is 7.11 Å². The van der Waals surface area contributed by atoms with Gasteiger partial charge in [0.2, 0.25) is 5.91 Å². The predicted molar refractivity (Wildman–Crippen MR) is 92.0 cm³/mol. The lowest BCUT2D eigenvalue weighted by Crippen LogP contribution is -2.22. The van der Waals surface area contributed by atoms with Crippen LogP contribution in [0.2, 0.25) is 0 Å². The molecule has 0 saturated heterocycles. The van der Waals surface area contributed by atoms with Crippen LogP contribution in [0.15, 0.2) is 36.4 Å². The number of nitrogens with zero attached hydrogens (tertiary/aromatic N) is 1. The van der Waals surface area contributed by atoms with E-state index in [0.29, 0.717) is 24.4 Å². The van der Waals surface area contributed by atoms with E-state index in [4.69, 9.17) is 10.00 Å². The first kappa shape index (κ1) is 17.2. The summed E-state index contributed by atoms with van der Waals surface area (Å²) in [5.41, 5.74) is 2.13. The summed E-state index contributed by atoms with van der Waals surface area (Å²) in [6, 6.07) is 14.0. The summed E-state index contributed by atoms with van der Waals surface area (Å²) < 4.78 is 4.97. The molecule has 0 bridgehead atoms. The number of unbranched alkanes of at least 4 members (excludes halogenated alkanes) is 1. The number of carbonyl (C=O) groups is 1. The summed E-state index contributed by atoms with van der Waals surface area (Å²) in [5, 5.41) is 11.8. The molecule has 0 saturated carbocycles. The number of hydrogen-bond acceptors (Lipinski definition) is 4. The Balaban J connectivity index is 1.88. The van der Waals surface area contributed by atoms with Gasteiger partial charge in [0.25, 0.3) is 0 Å². The Morgan fingerprint density at radius 3 is 2.91 bits per heavy atom. The molecular weight excluding hydrogens is 308 g/mol. The zero-order chi connectivity index (χ0) is 16.5. The van der Waals surface area contributed by atoms with Gasteiger partial charge in [-0.15, -0.1) is 11.3 Å². The van der Waals surface area contributed by atoms with E-state index in [1.165, 1.54) is 11.3 Å². The molecule has 0 aliphatic rings. The Morgan fingerprint density at radius 1 is 1.30 bits per heavy atom. The van der Waals surface area contributed by atoms with Gasteiger partial charge in [0, 0.05) is 31.6 Å². The fourth-order valence-corrected chi connectivity index (χ4v) is 3.01. The van der Waals surface area contributed by atoms with Crippen LogP contribution in [-0.2, 0) is 16.1 Å². The molecule has 1 heterocycles. The fraction of sp³-hybridized carbons (Fsp3) is 0.333. The molecule has 0 radical (unpaired) electrons. The SMILES string of the molecule is COCCCCC(=O)NCc1cccc(-c2ccc(C#N)s2)c1. The van der Waals surface area contributed by atoms with Crippen molar-refractivity contribution in [1.82, 2.24) is 5.32 Å². The molecule has 5 heteroatoms. The molecule has 2 aromatic rings. The van der Waals surface area contributed by atoms with Crippen LogP contribution >= 0.6 is 11.3 Å². The number of ether oxygens (including phenoxy) is 1. The molecule has 1 aromatic carbocycles. The van der Waals surface area contributed by atoms with Crippen molar-refractivity contribution in [2.75, 3.05) is 13.7 Å². The number of benzene rings is 1. The number of nitriles is 1. The van der Waals surface area contributed by atoms with E-state index >= 15 is 0 Å². The van der Waals surface area contributed by atoms with E-state index < -0.39 is 0 Å². The number of rotatable bonds is 8. The van der Waals surface area contributed by atoms with E-state index in [-0.39, 0.29) is 5.91 Å². The van der Waals surface area contributed by atoms with E-state index in [9.17, 15) is 4.79 Å². The highest BCUT2D eigenvalue weighted by Gasteiger charge is 2.05. The molecule has 1 amide bonds. The van der Waals surface area contributed by atoms with Crippen LogP contribution in [0, 0.1) is 11.3 Å². The van der Waals surface area contributed by atoms with Crippen LogP contribution in [0.3, 0.4) is 0 Å². The molecule has 2 rings (SSSR count). The topological polar surface area (TPSA) is 62.1 Å². The van der Waals surface area contributed by atoms with Crippen LogP contribution in [0.4, 0.5) is 0 Å². The van der Waals surface area contributed by atoms with Crippen LogP contribution in [0.5, 0.6) is 0 Å². The van der Waals surface area contributed by atoms with Crippen molar-refractivity contribution < 1.29 is 9.53 Å². The third-order valence-electron chi connectivity index (χ3n) is 3.42. The van der Waals surface area contributed by atoms with Crippen molar-refractivity contribution >= 4 is 17.2 Å². The first-order valence-corrected chi connectivity index (χ1v) is 8.39. The Hall–Kier alpha value is -2.16. The monoisotopic (exact) mass is 328 g/mol. The molecule has 0 spiro atoms. The van der Waals surface area contributed by atoms with E-state index in [2.05, 4.69) is 17.5 Å². The van der Waals surface area contributed by atoms with Crippen molar-refractivity contribution in [1.29, 1.82) is 5.26 Å². The van der Waals surface area contributed by atoms with Gasteiger partial charge in [-0.25, -0.2) is 0 Å². The van der Waals surface area contributed by atoms with Crippen molar-refractivity contribution in [3.63, 3.8) is 0 Å². The number of hydrogen-bond donors (Lipinski definition) is 1. The van der Waals surface area contributed by atoms with Gasteiger partial charge < -0.3 is 10.1 Å². The molecule has 0 atom stereocenters. The van der Waals surface area contributed by atoms with Gasteiger partial charge >= 0.3 is 0 Å². The van der Waals surface area contributed by atoms with E-state index in [0.717, 1.165) is 28.8 Å². The lowest BCUT2D eigenvalue weighted by Gasteiger charge is -2.07. The molecule has 0 aliphatic heterocycles. The van der Waals surface area contributed by atoms with Gasteiger partial charge in [-0.05, 0) is 42.2 Å². The number of thiophene rings is 1. The largest absolute Gasteiger partial charge is 0.385 e. The molecule has 4 nitrogen and oxygen atoms in total. The number of nitrogens with one attached hydrogen (secondary N) is 1. The highest BCUT2D eigenvalue weighted by molar-refractivity contribution is 7.16. The summed E-state index contributed by atoms with van der Waals surface area (Å²) in [6.45, 7) is 1.22. The van der Waals surface area contributed by atoms with Gasteiger partial charge in [-0.2, -0.15) is 5.26 Å². The molecule has 1 aromatic heterocycles. The summed E-state index contributed by atoms with van der Waals surface area (Å²) in [5.74, 6) is 0.0643. The standard InChI is InChI=1S/C18H20N2O2S/c1-22-10-3-2-7-18(21)20-13-14-5-4-6-15(11-14)17-9-8-16(12-19)23-17/h4-6,8-9,11H,2-3,7,10,13H2,1H3,(H,20,21). The molecule has 23 heavy (non-hydrogen) atoms. The second-order valence-corrected chi connectivity index (χ2v) is 6.29. The average Bonchev–Trinajstić information content (AvgIpc) is 3.06. The third-order valence-corrected chi connectivity index (χ3v) is 4.46. The van der Waals surface area contributed by atoms with Gasteiger partial charge in [0.15, 0.2) is 0 Å². The maximum Gasteiger partial charge on any atom is 0.220 e. The molecule has 0 fully saturated rings. The third kappa shape index (κ3) is 5.51. The molecule has 1 N–H and O–H groups in total. The van der Waals surface area contributed by atoms with Gasteiger partial charge in [-0.1, -0.05) is 18.2 Å². The predicted octanol–water partition coefficient (Wildman–Crippen LogP) is 3.72. The minimum Gasteiger partial charge on any atom is -0.385 e. The van der Waals surface area contributed by atoms with Crippen LogP contribution in [0.25, 0.3) is 10.4 Å².